The van der Waals surface area contributed by atoms with Gasteiger partial charge in [0.2, 0.25) is 5.78 Å². The highest BCUT2D eigenvalue weighted by Gasteiger charge is 2.09. The van der Waals surface area contributed by atoms with Crippen molar-refractivity contribution >= 4 is 27.6 Å². The predicted octanol–water partition coefficient (Wildman–Crippen LogP) is 5.77. The molecular weight excluding hydrogens is 402 g/mol. The van der Waals surface area contributed by atoms with E-state index in [2.05, 4.69) is 45.5 Å². The molecule has 0 aromatic heterocycles. The lowest BCUT2D eigenvalue weighted by Gasteiger charge is -2.10. The summed E-state index contributed by atoms with van der Waals surface area (Å²) in [6.45, 7) is 2.30. The second-order valence-corrected chi connectivity index (χ2v) is 7.97. The summed E-state index contributed by atoms with van der Waals surface area (Å²) < 4.78 is 0. The monoisotopic (exact) mass is 437 g/mol. The Morgan fingerprint density at radius 1 is 0.815 bits per heavy atom. The molecule has 0 aliphatic carbocycles. The first kappa shape index (κ1) is 23.9. The van der Waals surface area contributed by atoms with Crippen LogP contribution in [0.25, 0.3) is 0 Å². The number of amides is 1. The quantitative estimate of drug-likeness (QED) is 0.202. The minimum Gasteiger partial charge on any atom is -0.350 e. The maximum atomic E-state index is 11.4. The number of carbonyl (C=O) groups excluding carboxylic acids is 2. The maximum Gasteiger partial charge on any atom is 0.287 e. The minimum atomic E-state index is -0.440. The van der Waals surface area contributed by atoms with E-state index in [1.54, 1.807) is 6.92 Å². The zero-order chi connectivity index (χ0) is 19.7. The first-order chi connectivity index (χ1) is 13.2. The van der Waals surface area contributed by atoms with E-state index in [0.717, 1.165) is 24.6 Å². The highest BCUT2D eigenvalue weighted by molar-refractivity contribution is 9.09. The van der Waals surface area contributed by atoms with Crippen LogP contribution in [0.2, 0.25) is 0 Å². The minimum absolute atomic E-state index is 0.274. The maximum absolute atomic E-state index is 11.4. The Morgan fingerprint density at radius 3 is 1.89 bits per heavy atom. The Morgan fingerprint density at radius 2 is 1.33 bits per heavy atom. The number of alkyl halides is 1. The summed E-state index contributed by atoms with van der Waals surface area (Å²) in [5, 5.41) is 3.84. The number of aryl methyl sites for hydroxylation is 2. The number of rotatable bonds is 16. The Hall–Kier alpha value is -1.16. The number of unbranched alkanes of at least 4 members (excludes halogenated alkanes) is 7. The van der Waals surface area contributed by atoms with Crippen LogP contribution in [0.1, 0.15) is 82.3 Å². The molecule has 0 bridgehead atoms. The molecular formula is C23H36BrNO2. The molecule has 1 aromatic carbocycles. The van der Waals surface area contributed by atoms with Crippen LogP contribution in [0.3, 0.4) is 0 Å². The van der Waals surface area contributed by atoms with Crippen molar-refractivity contribution in [3.05, 3.63) is 35.4 Å². The molecule has 0 saturated heterocycles. The van der Waals surface area contributed by atoms with E-state index in [1.165, 1.54) is 62.5 Å². The van der Waals surface area contributed by atoms with Crippen LogP contribution in [-0.4, -0.2) is 23.6 Å². The van der Waals surface area contributed by atoms with E-state index in [4.69, 9.17) is 0 Å². The fraction of sp³-hybridized carbons (Fsp3) is 0.652. The zero-order valence-corrected chi connectivity index (χ0v) is 18.5. The summed E-state index contributed by atoms with van der Waals surface area (Å²) in [6.07, 6.45) is 13.7. The average molecular weight is 438 g/mol. The molecule has 1 rings (SSSR count). The summed E-state index contributed by atoms with van der Waals surface area (Å²) >= 11 is 3.49. The lowest BCUT2D eigenvalue weighted by Crippen LogP contribution is -2.31. The van der Waals surface area contributed by atoms with Crippen molar-refractivity contribution in [2.75, 3.05) is 11.9 Å². The molecule has 0 unspecified atom stereocenters. The molecule has 0 radical (unpaired) electrons. The van der Waals surface area contributed by atoms with Crippen molar-refractivity contribution in [3.63, 3.8) is 0 Å². The topological polar surface area (TPSA) is 46.2 Å². The lowest BCUT2D eigenvalue weighted by molar-refractivity contribution is -0.137. The van der Waals surface area contributed by atoms with Crippen LogP contribution in [0.4, 0.5) is 0 Å². The largest absolute Gasteiger partial charge is 0.350 e. The van der Waals surface area contributed by atoms with E-state index in [0.29, 0.717) is 6.54 Å². The molecule has 0 heterocycles. The number of carbonyl (C=O) groups is 2. The van der Waals surface area contributed by atoms with Gasteiger partial charge < -0.3 is 5.32 Å². The van der Waals surface area contributed by atoms with Gasteiger partial charge in [0.05, 0.1) is 0 Å². The van der Waals surface area contributed by atoms with E-state index >= 15 is 0 Å². The molecule has 0 atom stereocenters. The molecule has 4 heteroatoms. The zero-order valence-electron chi connectivity index (χ0n) is 16.9. The molecule has 1 aromatic rings. The Kier molecular flexibility index (Phi) is 14.0. The van der Waals surface area contributed by atoms with Gasteiger partial charge >= 0.3 is 0 Å². The van der Waals surface area contributed by atoms with E-state index in [1.807, 2.05) is 0 Å². The molecule has 0 aliphatic rings. The van der Waals surface area contributed by atoms with Gasteiger partial charge in [0.15, 0.2) is 0 Å². The molecule has 27 heavy (non-hydrogen) atoms. The molecule has 152 valence electrons. The van der Waals surface area contributed by atoms with Crippen LogP contribution in [-0.2, 0) is 22.4 Å². The van der Waals surface area contributed by atoms with Crippen LogP contribution >= 0.6 is 15.9 Å². The third kappa shape index (κ3) is 11.3. The molecule has 0 fully saturated rings. The van der Waals surface area contributed by atoms with Gasteiger partial charge in [-0.05, 0) is 49.7 Å². The van der Waals surface area contributed by atoms with Gasteiger partial charge in [-0.3, -0.25) is 9.59 Å². The summed E-state index contributed by atoms with van der Waals surface area (Å²) in [4.78, 5) is 22.7. The molecule has 1 amide bonds. The molecule has 0 aliphatic heterocycles. The smallest absolute Gasteiger partial charge is 0.287 e. The van der Waals surface area contributed by atoms with Gasteiger partial charge in [-0.25, -0.2) is 0 Å². The van der Waals surface area contributed by atoms with Gasteiger partial charge in [-0.1, -0.05) is 79.2 Å². The number of nitrogens with one attached hydrogen (secondary N) is 1. The van der Waals surface area contributed by atoms with E-state index in [-0.39, 0.29) is 12.2 Å². The van der Waals surface area contributed by atoms with Gasteiger partial charge in [-0.2, -0.15) is 0 Å². The second-order valence-electron chi connectivity index (χ2n) is 7.17. The average Bonchev–Trinajstić information content (AvgIpc) is 2.69. The van der Waals surface area contributed by atoms with Crippen molar-refractivity contribution in [3.8, 4) is 0 Å². The summed E-state index contributed by atoms with van der Waals surface area (Å²) in [6, 6.07) is 8.74. The number of hydrogen-bond acceptors (Lipinski definition) is 2. The Balaban J connectivity index is 2.19. The fourth-order valence-electron chi connectivity index (χ4n) is 3.24. The highest BCUT2D eigenvalue weighted by atomic mass is 79.9. The number of benzene rings is 1. The first-order valence-corrected chi connectivity index (χ1v) is 11.7. The van der Waals surface area contributed by atoms with Crippen LogP contribution in [0, 0.1) is 0 Å². The van der Waals surface area contributed by atoms with Gasteiger partial charge in [-0.15, -0.1) is 0 Å². The first-order valence-electron chi connectivity index (χ1n) is 10.6. The Labute approximate surface area is 173 Å². The van der Waals surface area contributed by atoms with Crippen molar-refractivity contribution in [1.29, 1.82) is 0 Å². The number of ketones is 1. The lowest BCUT2D eigenvalue weighted by atomic mass is 9.97. The summed E-state index contributed by atoms with van der Waals surface area (Å²) in [5.74, 6) is -0.770. The van der Waals surface area contributed by atoms with E-state index in [9.17, 15) is 9.59 Å². The van der Waals surface area contributed by atoms with Crippen molar-refractivity contribution < 1.29 is 9.59 Å². The van der Waals surface area contributed by atoms with Crippen LogP contribution < -0.4 is 5.32 Å². The van der Waals surface area contributed by atoms with Crippen molar-refractivity contribution in [1.82, 2.24) is 5.32 Å². The molecule has 1 N–H and O–H groups in total. The highest BCUT2D eigenvalue weighted by Crippen LogP contribution is 2.16. The molecule has 0 saturated carbocycles. The second kappa shape index (κ2) is 15.9. The number of hydrogen-bond donors (Lipinski definition) is 1. The number of Topliss-reactive ketones (excluding diaryl/α,β-unsaturated/α-hetero) is 1. The summed E-state index contributed by atoms with van der Waals surface area (Å²) in [5.41, 5.74) is 2.91. The molecule has 0 spiro atoms. The van der Waals surface area contributed by atoms with Crippen molar-refractivity contribution in [2.45, 2.75) is 84.0 Å². The predicted molar refractivity (Wildman–Crippen MR) is 118 cm³/mol. The fourth-order valence-corrected chi connectivity index (χ4v) is 3.64. The SMILES string of the molecule is CCC(=O)C(=O)NCCCCc1ccccc1CCCCCCCCCBr. The van der Waals surface area contributed by atoms with E-state index < -0.39 is 5.91 Å². The van der Waals surface area contributed by atoms with Gasteiger partial charge in [0.1, 0.15) is 0 Å². The summed E-state index contributed by atoms with van der Waals surface area (Å²) in [7, 11) is 0. The number of halogens is 1. The van der Waals surface area contributed by atoms with Gasteiger partial charge in [0, 0.05) is 18.3 Å². The third-order valence-electron chi connectivity index (χ3n) is 4.93. The Bertz CT molecular complexity index is 545. The van der Waals surface area contributed by atoms with Crippen molar-refractivity contribution in [2.24, 2.45) is 0 Å². The third-order valence-corrected chi connectivity index (χ3v) is 5.49. The normalized spacial score (nSPS) is 10.7. The van der Waals surface area contributed by atoms with Crippen LogP contribution in [0.15, 0.2) is 24.3 Å². The van der Waals surface area contributed by atoms with Gasteiger partial charge in [0.25, 0.3) is 5.91 Å². The molecule has 3 nitrogen and oxygen atoms in total. The standard InChI is InChI=1S/C23H36BrNO2/c1-2-22(26)23(27)25-19-13-11-17-21-16-10-9-15-20(21)14-8-6-4-3-5-7-12-18-24/h9-10,15-16H,2-8,11-14,17-19H2,1H3,(H,25,27). The van der Waals surface area contributed by atoms with Crippen LogP contribution in [0.5, 0.6) is 0 Å².